The number of carbonyl (C=O) groups excluding carboxylic acids is 1. The second kappa shape index (κ2) is 4.25. The highest BCUT2D eigenvalue weighted by Crippen LogP contribution is 2.35. The molecular weight excluding hydrogens is 320 g/mol. The summed E-state index contributed by atoms with van der Waals surface area (Å²) in [6, 6.07) is 0. The van der Waals surface area contributed by atoms with Crippen LogP contribution >= 0.6 is 0 Å². The summed E-state index contributed by atoms with van der Waals surface area (Å²) in [4.78, 5) is 10.5. The van der Waals surface area contributed by atoms with E-state index < -0.39 is 40.7 Å². The van der Waals surface area contributed by atoms with E-state index in [1.54, 1.807) is 0 Å². The molecule has 0 aliphatic heterocycles. The molecule has 0 saturated heterocycles. The fourth-order valence-corrected chi connectivity index (χ4v) is 3.25. The van der Waals surface area contributed by atoms with E-state index in [2.05, 4.69) is 0 Å². The Kier molecular flexibility index (Phi) is 4.01. The van der Waals surface area contributed by atoms with Crippen molar-refractivity contribution >= 4 is 26.0 Å². The van der Waals surface area contributed by atoms with E-state index in [9.17, 15) is 48.0 Å². The van der Waals surface area contributed by atoms with Gasteiger partial charge in [0.2, 0.25) is 5.91 Å². The summed E-state index contributed by atoms with van der Waals surface area (Å²) < 4.78 is 112. The number of amides is 1. The molecule has 0 N–H and O–H groups in total. The van der Waals surface area contributed by atoms with E-state index in [4.69, 9.17) is 0 Å². The summed E-state index contributed by atoms with van der Waals surface area (Å²) in [6.45, 7) is -0.0768. The zero-order valence-corrected chi connectivity index (χ0v) is 9.71. The highest BCUT2D eigenvalue weighted by Gasteiger charge is 2.62. The van der Waals surface area contributed by atoms with Gasteiger partial charge in [-0.2, -0.15) is 43.2 Å². The van der Waals surface area contributed by atoms with E-state index in [0.717, 1.165) is 0 Å². The fraction of sp³-hybridized carbons (Fsp3) is 0.750. The Labute approximate surface area is 96.3 Å². The lowest BCUT2D eigenvalue weighted by Gasteiger charge is -2.22. The summed E-state index contributed by atoms with van der Waals surface area (Å²) in [7, 11) is -14.0. The van der Waals surface area contributed by atoms with Crippen LogP contribution in [0, 0.1) is 0 Å². The monoisotopic (exact) mass is 323 g/mol. The first-order chi connectivity index (χ1) is 7.57. The van der Waals surface area contributed by atoms with Gasteiger partial charge in [-0.3, -0.25) is 4.79 Å². The van der Waals surface area contributed by atoms with Crippen molar-refractivity contribution in [2.75, 3.05) is 0 Å². The topological polar surface area (TPSA) is 88.6 Å². The Bertz CT molecular complexity index is 498. The molecule has 0 aromatic heterocycles. The van der Waals surface area contributed by atoms with Gasteiger partial charge in [-0.1, -0.05) is 0 Å². The van der Waals surface area contributed by atoms with Crippen LogP contribution in [-0.4, -0.2) is 37.5 Å². The van der Waals surface area contributed by atoms with Crippen molar-refractivity contribution < 1.29 is 48.0 Å². The van der Waals surface area contributed by atoms with Crippen LogP contribution < -0.4 is 0 Å². The van der Waals surface area contributed by atoms with E-state index in [1.807, 2.05) is 0 Å². The molecular formula is C4H3F6NO5S2. The van der Waals surface area contributed by atoms with Crippen LogP contribution in [0.5, 0.6) is 0 Å². The quantitative estimate of drug-likeness (QED) is 0.692. The summed E-state index contributed by atoms with van der Waals surface area (Å²) >= 11 is 0. The molecule has 0 aromatic rings. The zero-order valence-electron chi connectivity index (χ0n) is 8.07. The smallest absolute Gasteiger partial charge is 0.273 e. The number of hydrogen-bond donors (Lipinski definition) is 0. The predicted octanol–water partition coefficient (Wildman–Crippen LogP) is 0.534. The molecule has 108 valence electrons. The summed E-state index contributed by atoms with van der Waals surface area (Å²) in [5.74, 6) is -2.47. The largest absolute Gasteiger partial charge is 0.517 e. The third kappa shape index (κ3) is 2.68. The molecule has 0 unspecified atom stereocenters. The van der Waals surface area contributed by atoms with Gasteiger partial charge < -0.3 is 0 Å². The summed E-state index contributed by atoms with van der Waals surface area (Å²) in [5, 5.41) is 0. The molecule has 6 nitrogen and oxygen atoms in total. The Hall–Kier alpha value is -1.05. The molecule has 0 spiro atoms. The first kappa shape index (κ1) is 16.9. The van der Waals surface area contributed by atoms with Crippen molar-refractivity contribution in [2.24, 2.45) is 0 Å². The minimum absolute atomic E-state index is 0.0768. The van der Waals surface area contributed by atoms with Crippen molar-refractivity contribution in [1.82, 2.24) is 3.71 Å². The number of halogens is 6. The van der Waals surface area contributed by atoms with Crippen LogP contribution in [0.1, 0.15) is 6.92 Å². The molecule has 0 radical (unpaired) electrons. The number of alkyl halides is 6. The maximum absolute atomic E-state index is 11.9. The van der Waals surface area contributed by atoms with E-state index in [1.165, 1.54) is 0 Å². The molecule has 0 heterocycles. The fourth-order valence-electron chi connectivity index (χ4n) is 0.656. The van der Waals surface area contributed by atoms with E-state index >= 15 is 0 Å². The third-order valence-corrected chi connectivity index (χ3v) is 5.01. The van der Waals surface area contributed by atoms with Crippen molar-refractivity contribution in [3.8, 4) is 0 Å². The van der Waals surface area contributed by atoms with Gasteiger partial charge >= 0.3 is 31.1 Å². The Morgan fingerprint density at radius 2 is 1.06 bits per heavy atom. The molecule has 0 saturated carbocycles. The lowest BCUT2D eigenvalue weighted by atomic mass is 10.8. The minimum atomic E-state index is -7.00. The first-order valence-electron chi connectivity index (χ1n) is 3.50. The first-order valence-corrected chi connectivity index (χ1v) is 6.38. The van der Waals surface area contributed by atoms with Crippen molar-refractivity contribution in [3.63, 3.8) is 0 Å². The maximum atomic E-state index is 11.9. The predicted molar refractivity (Wildman–Crippen MR) is 42.5 cm³/mol. The van der Waals surface area contributed by atoms with Gasteiger partial charge in [0.25, 0.3) is 0 Å². The molecule has 0 aromatic carbocycles. The van der Waals surface area contributed by atoms with Gasteiger partial charge in [0.15, 0.2) is 0 Å². The normalized spacial score (nSPS) is 14.4. The summed E-state index contributed by atoms with van der Waals surface area (Å²) in [5.41, 5.74) is -12.8. The second-order valence-corrected chi connectivity index (χ2v) is 6.41. The average molecular weight is 323 g/mol. The van der Waals surface area contributed by atoms with Crippen LogP contribution in [-0.2, 0) is 24.8 Å². The SMILES string of the molecule is CC(=O)N(S(=O)(=O)C(F)(F)F)S(=O)(=O)C(F)(F)F. The van der Waals surface area contributed by atoms with Crippen LogP contribution in [0.4, 0.5) is 26.3 Å². The highest BCUT2D eigenvalue weighted by atomic mass is 32.3. The van der Waals surface area contributed by atoms with Crippen LogP contribution in [0.15, 0.2) is 0 Å². The molecule has 0 fully saturated rings. The number of hydrogen-bond acceptors (Lipinski definition) is 5. The molecule has 18 heavy (non-hydrogen) atoms. The molecule has 0 aliphatic rings. The van der Waals surface area contributed by atoms with Gasteiger partial charge in [-0.25, -0.2) is 0 Å². The lowest BCUT2D eigenvalue weighted by molar-refractivity contribution is -0.123. The molecule has 0 atom stereocenters. The average Bonchev–Trinajstić information content (AvgIpc) is 1.96. The van der Waals surface area contributed by atoms with Crippen LogP contribution in [0.3, 0.4) is 0 Å². The third-order valence-electron chi connectivity index (χ3n) is 1.28. The Morgan fingerprint density at radius 1 is 0.833 bits per heavy atom. The van der Waals surface area contributed by atoms with E-state index in [0.29, 0.717) is 0 Å². The lowest BCUT2D eigenvalue weighted by Crippen LogP contribution is -2.51. The maximum Gasteiger partial charge on any atom is 0.517 e. The second-order valence-electron chi connectivity index (χ2n) is 2.62. The molecule has 0 aliphatic carbocycles. The molecule has 14 heteroatoms. The molecule has 0 rings (SSSR count). The van der Waals surface area contributed by atoms with Gasteiger partial charge in [-0.15, -0.1) is 3.71 Å². The number of carbonyl (C=O) groups is 1. The van der Waals surface area contributed by atoms with Gasteiger partial charge in [0.1, 0.15) is 0 Å². The summed E-state index contributed by atoms with van der Waals surface area (Å²) in [6.07, 6.45) is 0. The van der Waals surface area contributed by atoms with Gasteiger partial charge in [-0.05, 0) is 0 Å². The van der Waals surface area contributed by atoms with Crippen molar-refractivity contribution in [1.29, 1.82) is 0 Å². The van der Waals surface area contributed by atoms with Gasteiger partial charge in [0, 0.05) is 6.92 Å². The van der Waals surface area contributed by atoms with Crippen LogP contribution in [0.2, 0.25) is 0 Å². The Balaban J connectivity index is 6.23. The number of nitrogens with zero attached hydrogens (tertiary/aromatic N) is 1. The van der Waals surface area contributed by atoms with Crippen LogP contribution in [0.25, 0.3) is 0 Å². The van der Waals surface area contributed by atoms with Crippen molar-refractivity contribution in [3.05, 3.63) is 0 Å². The number of rotatable bonds is 2. The van der Waals surface area contributed by atoms with Crippen molar-refractivity contribution in [2.45, 2.75) is 17.9 Å². The number of sulfonamides is 2. The molecule has 1 amide bonds. The zero-order chi connectivity index (χ0) is 15.2. The standard InChI is InChI=1S/C4H3F6NO5S2/c1-2(12)11(17(13,14)3(5,6)7)18(15,16)4(8,9)10/h1H3. The Morgan fingerprint density at radius 3 is 1.17 bits per heavy atom. The molecule has 0 bridgehead atoms. The van der Waals surface area contributed by atoms with E-state index in [-0.39, 0.29) is 6.92 Å². The highest BCUT2D eigenvalue weighted by molar-refractivity contribution is 8.05. The van der Waals surface area contributed by atoms with Gasteiger partial charge in [0.05, 0.1) is 0 Å². The minimum Gasteiger partial charge on any atom is -0.273 e.